The highest BCUT2D eigenvalue weighted by Gasteiger charge is 2.28. The molecule has 0 bridgehead atoms. The highest BCUT2D eigenvalue weighted by molar-refractivity contribution is 5.88. The molecule has 1 aliphatic rings. The molecule has 114 valence electrons. The van der Waals surface area contributed by atoms with Crippen LogP contribution < -0.4 is 10.2 Å². The number of nitrogens with one attached hydrogen (secondary N) is 1. The monoisotopic (exact) mass is 294 g/mol. The topological polar surface area (TPSA) is 109 Å². The number of hydrogen-bond donors (Lipinski definition) is 2. The van der Waals surface area contributed by atoms with Crippen LogP contribution in [0.5, 0.6) is 0 Å². The van der Waals surface area contributed by atoms with Gasteiger partial charge in [0.15, 0.2) is 0 Å². The molecule has 0 spiro atoms. The van der Waals surface area contributed by atoms with Crippen LogP contribution in [0.1, 0.15) is 30.1 Å². The minimum atomic E-state index is -1.22. The van der Waals surface area contributed by atoms with Crippen molar-refractivity contribution < 1.29 is 14.8 Å². The van der Waals surface area contributed by atoms with Gasteiger partial charge in [0.2, 0.25) is 5.82 Å². The zero-order chi connectivity index (χ0) is 15.4. The maximum Gasteiger partial charge on any atom is 0.337 e. The number of piperidine rings is 1. The van der Waals surface area contributed by atoms with Gasteiger partial charge in [-0.2, -0.15) is 0 Å². The number of rotatable bonds is 5. The van der Waals surface area contributed by atoms with Gasteiger partial charge in [0.1, 0.15) is 0 Å². The molecule has 0 atom stereocenters. The molecule has 1 aromatic heterocycles. The molecule has 2 heterocycles. The number of aromatic carboxylic acids is 1. The Morgan fingerprint density at radius 3 is 2.76 bits per heavy atom. The van der Waals surface area contributed by atoms with Crippen molar-refractivity contribution in [3.8, 4) is 0 Å². The fraction of sp³-hybridized carbons (Fsp3) is 0.538. The minimum Gasteiger partial charge on any atom is -0.478 e. The summed E-state index contributed by atoms with van der Waals surface area (Å²) in [5.41, 5.74) is -0.429. The van der Waals surface area contributed by atoms with E-state index in [0.29, 0.717) is 6.54 Å². The Balaban J connectivity index is 2.39. The molecule has 1 fully saturated rings. The summed E-state index contributed by atoms with van der Waals surface area (Å²) in [6.45, 7) is 4.23. The van der Waals surface area contributed by atoms with Gasteiger partial charge in [-0.3, -0.25) is 10.1 Å². The molecule has 1 saturated heterocycles. The Bertz CT molecular complexity index is 543. The molecule has 2 N–H and O–H groups in total. The summed E-state index contributed by atoms with van der Waals surface area (Å²) in [4.78, 5) is 27.6. The SMILES string of the molecule is CCN(c1ncc(C(=O)O)cc1[N+](=O)[O-])C1CCNCC1. The van der Waals surface area contributed by atoms with Gasteiger partial charge in [-0.05, 0) is 32.9 Å². The molecule has 2 rings (SSSR count). The average molecular weight is 294 g/mol. The maximum absolute atomic E-state index is 11.2. The molecule has 21 heavy (non-hydrogen) atoms. The highest BCUT2D eigenvalue weighted by Crippen LogP contribution is 2.29. The number of carboxylic acid groups (broad SMARTS) is 1. The molecular formula is C13H18N4O4. The van der Waals surface area contributed by atoms with Gasteiger partial charge in [-0.1, -0.05) is 0 Å². The lowest BCUT2D eigenvalue weighted by molar-refractivity contribution is -0.384. The van der Waals surface area contributed by atoms with E-state index in [1.54, 1.807) is 0 Å². The van der Waals surface area contributed by atoms with E-state index in [2.05, 4.69) is 10.3 Å². The second-order valence-electron chi connectivity index (χ2n) is 4.90. The predicted molar refractivity (Wildman–Crippen MR) is 76.8 cm³/mol. The first-order valence-corrected chi connectivity index (χ1v) is 6.89. The van der Waals surface area contributed by atoms with E-state index in [-0.39, 0.29) is 23.1 Å². The van der Waals surface area contributed by atoms with Crippen molar-refractivity contribution in [3.05, 3.63) is 27.9 Å². The number of nitrogens with zero attached hydrogens (tertiary/aromatic N) is 3. The number of aromatic nitrogens is 1. The zero-order valence-corrected chi connectivity index (χ0v) is 11.8. The number of carboxylic acids is 1. The van der Waals surface area contributed by atoms with E-state index < -0.39 is 10.9 Å². The van der Waals surface area contributed by atoms with Gasteiger partial charge in [0, 0.05) is 24.8 Å². The first-order valence-electron chi connectivity index (χ1n) is 6.89. The predicted octanol–water partition coefficient (Wildman–Crippen LogP) is 1.27. The molecule has 0 radical (unpaired) electrons. The van der Waals surface area contributed by atoms with Gasteiger partial charge < -0.3 is 15.3 Å². The Kier molecular flexibility index (Phi) is 4.69. The van der Waals surface area contributed by atoms with Crippen molar-refractivity contribution in [2.24, 2.45) is 0 Å². The van der Waals surface area contributed by atoms with Gasteiger partial charge in [0.05, 0.1) is 10.5 Å². The third-order valence-corrected chi connectivity index (χ3v) is 3.65. The van der Waals surface area contributed by atoms with Crippen molar-refractivity contribution in [2.45, 2.75) is 25.8 Å². The summed E-state index contributed by atoms with van der Waals surface area (Å²) >= 11 is 0. The summed E-state index contributed by atoms with van der Waals surface area (Å²) in [5.74, 6) is -0.971. The molecule has 0 amide bonds. The minimum absolute atomic E-state index is 0.174. The quantitative estimate of drug-likeness (QED) is 0.621. The maximum atomic E-state index is 11.2. The van der Waals surface area contributed by atoms with Crippen LogP contribution in [0.3, 0.4) is 0 Å². The van der Waals surface area contributed by atoms with Crippen molar-refractivity contribution in [1.29, 1.82) is 0 Å². The normalized spacial score (nSPS) is 15.7. The summed E-state index contributed by atoms with van der Waals surface area (Å²) < 4.78 is 0. The lowest BCUT2D eigenvalue weighted by Gasteiger charge is -2.34. The first-order chi connectivity index (χ1) is 10.0. The van der Waals surface area contributed by atoms with Crippen molar-refractivity contribution in [3.63, 3.8) is 0 Å². The highest BCUT2D eigenvalue weighted by atomic mass is 16.6. The number of carbonyl (C=O) groups is 1. The van der Waals surface area contributed by atoms with Gasteiger partial charge in [0.25, 0.3) is 0 Å². The summed E-state index contributed by atoms with van der Waals surface area (Å²) in [7, 11) is 0. The number of hydrogen-bond acceptors (Lipinski definition) is 6. The van der Waals surface area contributed by atoms with Crippen LogP contribution >= 0.6 is 0 Å². The molecule has 1 aliphatic heterocycles. The largest absolute Gasteiger partial charge is 0.478 e. The van der Waals surface area contributed by atoms with Crippen molar-refractivity contribution in [2.75, 3.05) is 24.5 Å². The summed E-state index contributed by atoms with van der Waals surface area (Å²) in [5, 5.41) is 23.4. The Hall–Kier alpha value is -2.22. The third-order valence-electron chi connectivity index (χ3n) is 3.65. The summed E-state index contributed by atoms with van der Waals surface area (Å²) in [6, 6.07) is 1.26. The lowest BCUT2D eigenvalue weighted by Crippen LogP contribution is -2.43. The van der Waals surface area contributed by atoms with Crippen molar-refractivity contribution in [1.82, 2.24) is 10.3 Å². The Morgan fingerprint density at radius 1 is 1.57 bits per heavy atom. The van der Waals surface area contributed by atoms with Crippen LogP contribution in [-0.4, -0.2) is 46.7 Å². The van der Waals surface area contributed by atoms with Gasteiger partial charge >= 0.3 is 11.7 Å². The molecule has 8 nitrogen and oxygen atoms in total. The standard InChI is InChI=1S/C13H18N4O4/c1-2-16(10-3-5-14-6-4-10)12-11(17(20)21)7-9(8-15-12)13(18)19/h7-8,10,14H,2-6H2,1H3,(H,18,19). The first kappa shape index (κ1) is 15.2. The van der Waals surface area contributed by atoms with E-state index in [1.807, 2.05) is 11.8 Å². The van der Waals surface area contributed by atoms with Gasteiger partial charge in [-0.25, -0.2) is 9.78 Å². The number of pyridine rings is 1. The van der Waals surface area contributed by atoms with E-state index >= 15 is 0 Å². The smallest absolute Gasteiger partial charge is 0.337 e. The molecule has 0 aromatic carbocycles. The lowest BCUT2D eigenvalue weighted by atomic mass is 10.0. The third kappa shape index (κ3) is 3.27. The van der Waals surface area contributed by atoms with E-state index in [9.17, 15) is 14.9 Å². The van der Waals surface area contributed by atoms with E-state index in [1.165, 1.54) is 6.20 Å². The molecule has 0 aliphatic carbocycles. The second-order valence-corrected chi connectivity index (χ2v) is 4.90. The number of anilines is 1. The second kappa shape index (κ2) is 6.49. The van der Waals surface area contributed by atoms with Crippen LogP contribution in [0.25, 0.3) is 0 Å². The fourth-order valence-corrected chi connectivity index (χ4v) is 2.62. The van der Waals surface area contributed by atoms with Gasteiger partial charge in [-0.15, -0.1) is 0 Å². The Labute approximate surface area is 121 Å². The van der Waals surface area contributed by atoms with Crippen LogP contribution in [0.4, 0.5) is 11.5 Å². The molecule has 0 saturated carbocycles. The molecule has 0 unspecified atom stereocenters. The fourth-order valence-electron chi connectivity index (χ4n) is 2.62. The van der Waals surface area contributed by atoms with Crippen LogP contribution in [-0.2, 0) is 0 Å². The van der Waals surface area contributed by atoms with Crippen LogP contribution in [0, 0.1) is 10.1 Å². The van der Waals surface area contributed by atoms with Crippen molar-refractivity contribution >= 4 is 17.5 Å². The van der Waals surface area contributed by atoms with Crippen LogP contribution in [0.2, 0.25) is 0 Å². The zero-order valence-electron chi connectivity index (χ0n) is 11.8. The number of nitro groups is 1. The van der Waals surface area contributed by atoms with Crippen LogP contribution in [0.15, 0.2) is 12.3 Å². The van der Waals surface area contributed by atoms with E-state index in [0.717, 1.165) is 32.0 Å². The molecule has 1 aromatic rings. The summed E-state index contributed by atoms with van der Waals surface area (Å²) in [6.07, 6.45) is 2.94. The molecule has 8 heteroatoms. The molecular weight excluding hydrogens is 276 g/mol. The average Bonchev–Trinajstić information content (AvgIpc) is 2.49. The Morgan fingerprint density at radius 2 is 2.24 bits per heavy atom. The van der Waals surface area contributed by atoms with E-state index in [4.69, 9.17) is 5.11 Å².